The number of hydrogen-bond donors (Lipinski definition) is 0. The van der Waals surface area contributed by atoms with Crippen LogP contribution in [0.25, 0.3) is 11.2 Å². The van der Waals surface area contributed by atoms with Crippen molar-refractivity contribution in [1.29, 1.82) is 0 Å². The number of piperidine rings is 1. The highest BCUT2D eigenvalue weighted by atomic mass is 32.1. The second-order valence-corrected chi connectivity index (χ2v) is 8.33. The molecule has 0 radical (unpaired) electrons. The summed E-state index contributed by atoms with van der Waals surface area (Å²) in [7, 11) is 0. The Morgan fingerprint density at radius 2 is 2.07 bits per heavy atom. The van der Waals surface area contributed by atoms with E-state index in [1.807, 2.05) is 29.9 Å². The van der Waals surface area contributed by atoms with Gasteiger partial charge >= 0.3 is 0 Å². The van der Waals surface area contributed by atoms with Gasteiger partial charge in [0, 0.05) is 31.2 Å². The Labute approximate surface area is 160 Å². The van der Waals surface area contributed by atoms with Gasteiger partial charge in [0.15, 0.2) is 11.4 Å². The Hall–Kier alpha value is -2.54. The number of likely N-dealkylation sites (tertiary alicyclic amines) is 1. The van der Waals surface area contributed by atoms with E-state index in [9.17, 15) is 9.59 Å². The number of aromatic nitrogens is 3. The minimum atomic E-state index is -0.118. The lowest BCUT2D eigenvalue weighted by molar-refractivity contribution is 0.0638. The molecular formula is C20H20N4O2S. The minimum absolute atomic E-state index is 0.0611. The molecule has 2 fully saturated rings. The Morgan fingerprint density at radius 1 is 1.19 bits per heavy atom. The van der Waals surface area contributed by atoms with E-state index < -0.39 is 0 Å². The Kier molecular flexibility index (Phi) is 4.04. The van der Waals surface area contributed by atoms with Crippen LogP contribution in [0.1, 0.15) is 51.8 Å². The summed E-state index contributed by atoms with van der Waals surface area (Å²) >= 11 is 1.47. The number of thiophene rings is 1. The molecule has 1 aliphatic carbocycles. The molecule has 5 rings (SSSR count). The quantitative estimate of drug-likeness (QED) is 0.649. The lowest BCUT2D eigenvalue weighted by atomic mass is 9.92. The molecule has 3 aromatic rings. The van der Waals surface area contributed by atoms with Crippen molar-refractivity contribution in [3.8, 4) is 0 Å². The zero-order chi connectivity index (χ0) is 18.4. The molecule has 27 heavy (non-hydrogen) atoms. The minimum Gasteiger partial charge on any atom is -0.338 e. The summed E-state index contributed by atoms with van der Waals surface area (Å²) in [6, 6.07) is 6.09. The summed E-state index contributed by atoms with van der Waals surface area (Å²) in [6.45, 7) is 1.16. The van der Waals surface area contributed by atoms with E-state index in [1.165, 1.54) is 24.2 Å². The molecule has 0 aromatic carbocycles. The van der Waals surface area contributed by atoms with Gasteiger partial charge in [-0.25, -0.2) is 9.97 Å². The fourth-order valence-corrected chi connectivity index (χ4v) is 4.58. The Morgan fingerprint density at radius 3 is 2.85 bits per heavy atom. The van der Waals surface area contributed by atoms with Gasteiger partial charge < -0.3 is 9.47 Å². The summed E-state index contributed by atoms with van der Waals surface area (Å²) in [5, 5.41) is 1.92. The molecule has 1 unspecified atom stereocenters. The maximum absolute atomic E-state index is 13.0. The van der Waals surface area contributed by atoms with Crippen LogP contribution >= 0.6 is 11.3 Å². The number of nitrogens with zero attached hydrogens (tertiary/aromatic N) is 4. The van der Waals surface area contributed by atoms with Crippen LogP contribution in [0.4, 0.5) is 0 Å². The van der Waals surface area contributed by atoms with Crippen molar-refractivity contribution in [2.24, 2.45) is 5.92 Å². The van der Waals surface area contributed by atoms with Crippen LogP contribution in [-0.2, 0) is 0 Å². The van der Waals surface area contributed by atoms with Crippen molar-refractivity contribution >= 4 is 34.2 Å². The van der Waals surface area contributed by atoms with Crippen molar-refractivity contribution in [2.45, 2.75) is 31.7 Å². The van der Waals surface area contributed by atoms with Gasteiger partial charge in [0.25, 0.3) is 5.91 Å². The summed E-state index contributed by atoms with van der Waals surface area (Å²) in [4.78, 5) is 37.1. The highest BCUT2D eigenvalue weighted by Gasteiger charge is 2.30. The number of rotatable bonds is 4. The molecular weight excluding hydrogens is 360 g/mol. The maximum Gasteiger partial charge on any atom is 0.255 e. The third-order valence-electron chi connectivity index (χ3n) is 5.44. The predicted octanol–water partition coefficient (Wildman–Crippen LogP) is 3.56. The van der Waals surface area contributed by atoms with Gasteiger partial charge in [-0.15, -0.1) is 11.3 Å². The van der Waals surface area contributed by atoms with Crippen LogP contribution in [0.2, 0.25) is 0 Å². The largest absolute Gasteiger partial charge is 0.338 e. The Balaban J connectivity index is 1.35. The predicted molar refractivity (Wildman–Crippen MR) is 103 cm³/mol. The normalized spacial score (nSPS) is 20.1. The third-order valence-corrected chi connectivity index (χ3v) is 6.33. The van der Waals surface area contributed by atoms with E-state index in [2.05, 4.69) is 14.5 Å². The second-order valence-electron chi connectivity index (χ2n) is 7.38. The van der Waals surface area contributed by atoms with E-state index in [0.29, 0.717) is 24.7 Å². The number of ketones is 1. The molecule has 138 valence electrons. The summed E-state index contributed by atoms with van der Waals surface area (Å²) in [6.07, 6.45) is 7.49. The zero-order valence-electron chi connectivity index (χ0n) is 14.9. The van der Waals surface area contributed by atoms with Crippen molar-refractivity contribution in [1.82, 2.24) is 19.4 Å². The molecule has 1 atom stereocenters. The van der Waals surface area contributed by atoms with Crippen molar-refractivity contribution < 1.29 is 9.59 Å². The molecule has 0 bridgehead atoms. The molecule has 0 spiro atoms. The van der Waals surface area contributed by atoms with E-state index in [-0.39, 0.29) is 17.6 Å². The van der Waals surface area contributed by atoms with Crippen molar-refractivity contribution in [2.75, 3.05) is 13.1 Å². The van der Waals surface area contributed by atoms with Crippen LogP contribution < -0.4 is 0 Å². The smallest absolute Gasteiger partial charge is 0.255 e. The summed E-state index contributed by atoms with van der Waals surface area (Å²) in [5.41, 5.74) is 2.15. The van der Waals surface area contributed by atoms with Gasteiger partial charge in [-0.1, -0.05) is 6.07 Å². The van der Waals surface area contributed by atoms with Gasteiger partial charge in [0.1, 0.15) is 5.52 Å². The number of Topliss-reactive ketones (excluding diaryl/α,β-unsaturated/α-hetero) is 1. The molecule has 4 heterocycles. The Bertz CT molecular complexity index is 1010. The lowest BCUT2D eigenvalue weighted by Crippen LogP contribution is -2.42. The van der Waals surface area contributed by atoms with Gasteiger partial charge in [0.05, 0.1) is 16.8 Å². The average Bonchev–Trinajstić information content (AvgIpc) is 3.24. The van der Waals surface area contributed by atoms with Crippen LogP contribution in [0.15, 0.2) is 36.1 Å². The number of imidazole rings is 1. The molecule has 6 nitrogen and oxygen atoms in total. The van der Waals surface area contributed by atoms with Crippen LogP contribution in [-0.4, -0.2) is 44.2 Å². The first-order chi connectivity index (χ1) is 13.2. The van der Waals surface area contributed by atoms with Crippen molar-refractivity contribution in [3.05, 3.63) is 46.5 Å². The average molecular weight is 380 g/mol. The molecule has 0 N–H and O–H groups in total. The topological polar surface area (TPSA) is 68.1 Å². The van der Waals surface area contributed by atoms with Crippen LogP contribution in [0.3, 0.4) is 0 Å². The fraction of sp³-hybridized carbons (Fsp3) is 0.400. The molecule has 1 saturated carbocycles. The van der Waals surface area contributed by atoms with Crippen LogP contribution in [0.5, 0.6) is 0 Å². The summed E-state index contributed by atoms with van der Waals surface area (Å²) in [5.74, 6) is -0.0274. The number of amides is 1. The molecule has 1 aliphatic heterocycles. The van der Waals surface area contributed by atoms with E-state index in [4.69, 9.17) is 0 Å². The van der Waals surface area contributed by atoms with Gasteiger partial charge in [0.2, 0.25) is 0 Å². The number of fused-ring (bicyclic) bond motifs is 1. The van der Waals surface area contributed by atoms with Crippen molar-refractivity contribution in [3.63, 3.8) is 0 Å². The molecule has 3 aromatic heterocycles. The number of carbonyl (C=O) groups is 2. The molecule has 7 heteroatoms. The lowest BCUT2D eigenvalue weighted by Gasteiger charge is -2.31. The first kappa shape index (κ1) is 16.6. The zero-order valence-corrected chi connectivity index (χ0v) is 15.7. The van der Waals surface area contributed by atoms with E-state index >= 15 is 0 Å². The standard InChI is InChI=1S/C20H20N4O2S/c25-18(17-4-2-8-27-17)13-3-1-7-23(11-13)20(26)14-9-16-19(21-10-14)24(12-22-16)15-5-6-15/h2,4,8-10,12-13,15H,1,3,5-7,11H2. The molecule has 1 saturated heterocycles. The first-order valence-electron chi connectivity index (χ1n) is 9.40. The van der Waals surface area contributed by atoms with Crippen LogP contribution in [0, 0.1) is 5.92 Å². The SMILES string of the molecule is O=C(c1cccs1)C1CCCN(C(=O)c2cnc3c(c2)ncn3C2CC2)C1. The van der Waals surface area contributed by atoms with Gasteiger partial charge in [-0.05, 0) is 43.2 Å². The van der Waals surface area contributed by atoms with E-state index in [1.54, 1.807) is 11.1 Å². The molecule has 2 aliphatic rings. The first-order valence-corrected chi connectivity index (χ1v) is 10.3. The maximum atomic E-state index is 13.0. The van der Waals surface area contributed by atoms with Gasteiger partial charge in [-0.2, -0.15) is 0 Å². The highest BCUT2D eigenvalue weighted by Crippen LogP contribution is 2.36. The number of pyridine rings is 1. The number of carbonyl (C=O) groups excluding carboxylic acids is 2. The monoisotopic (exact) mass is 380 g/mol. The molecule has 1 amide bonds. The number of hydrogen-bond acceptors (Lipinski definition) is 5. The fourth-order valence-electron chi connectivity index (χ4n) is 3.83. The highest BCUT2D eigenvalue weighted by molar-refractivity contribution is 7.12. The van der Waals surface area contributed by atoms with Gasteiger partial charge in [-0.3, -0.25) is 9.59 Å². The second kappa shape index (κ2) is 6.56. The van der Waals surface area contributed by atoms with E-state index in [0.717, 1.165) is 28.9 Å². The third kappa shape index (κ3) is 3.06. The summed E-state index contributed by atoms with van der Waals surface area (Å²) < 4.78 is 2.10.